The first-order valence-corrected chi connectivity index (χ1v) is 10.7. The Balaban J connectivity index is 0.000000473. The summed E-state index contributed by atoms with van der Waals surface area (Å²) >= 11 is 0. The Morgan fingerprint density at radius 3 is 1.98 bits per heavy atom. The number of carbonyl (C=O) groups excluding carboxylic acids is 1. The molecule has 1 aliphatic rings. The Labute approximate surface area is 219 Å². The summed E-state index contributed by atoms with van der Waals surface area (Å²) in [6, 6.07) is -0.772. The fourth-order valence-corrected chi connectivity index (χ4v) is 2.69. The lowest BCUT2D eigenvalue weighted by molar-refractivity contribution is -0.193. The first kappa shape index (κ1) is 34.2. The number of rotatable bonds is 5. The third-order valence-corrected chi connectivity index (χ3v) is 4.86. The molecule has 2 aromatic heterocycles. The number of nitrogens with zero attached hydrogens (tertiary/aromatic N) is 4. The number of halogens is 6. The number of fused-ring (bicyclic) bond motifs is 1. The highest BCUT2D eigenvalue weighted by Gasteiger charge is 2.45. The molecule has 226 valence electrons. The molecule has 0 spiro atoms. The highest BCUT2D eigenvalue weighted by Crippen LogP contribution is 2.32. The summed E-state index contributed by atoms with van der Waals surface area (Å²) in [6.07, 6.45) is -11.9. The minimum atomic E-state index is -5.08. The van der Waals surface area contributed by atoms with Crippen LogP contribution in [-0.2, 0) is 23.9 Å². The zero-order valence-electron chi connectivity index (χ0n) is 20.4. The Kier molecular flexibility index (Phi) is 11.5. The second kappa shape index (κ2) is 13.5. The van der Waals surface area contributed by atoms with Crippen molar-refractivity contribution in [3.05, 3.63) is 12.7 Å². The molecule has 1 aliphatic heterocycles. The number of anilines is 1. The number of hydrogen-bond donors (Lipinski definition) is 6. The molecule has 5 atom stereocenters. The lowest BCUT2D eigenvalue weighted by Crippen LogP contribution is -2.40. The quantitative estimate of drug-likeness (QED) is 0.194. The van der Waals surface area contributed by atoms with E-state index in [1.54, 1.807) is 13.8 Å². The van der Waals surface area contributed by atoms with Crippen molar-refractivity contribution in [2.45, 2.75) is 56.8 Å². The van der Waals surface area contributed by atoms with Gasteiger partial charge in [-0.2, -0.15) is 26.3 Å². The van der Waals surface area contributed by atoms with Gasteiger partial charge in [-0.3, -0.25) is 9.36 Å². The van der Waals surface area contributed by atoms with Crippen LogP contribution in [0.15, 0.2) is 12.7 Å². The smallest absolute Gasteiger partial charge is 0.475 e. The molecule has 0 bridgehead atoms. The SMILES string of the molecule is CC(C)[C@@H](N)C(=O)OC[C@H]1O[C@@H](n2cnc3c(N)ncnc32)[C@@H](O)[C@@H]1O.O=C(O)C(F)(F)F.O=C(O)C(F)(F)F. The van der Waals surface area contributed by atoms with Gasteiger partial charge in [-0.15, -0.1) is 0 Å². The number of imidazole rings is 1. The van der Waals surface area contributed by atoms with E-state index in [9.17, 15) is 41.4 Å². The van der Waals surface area contributed by atoms with E-state index in [2.05, 4.69) is 15.0 Å². The van der Waals surface area contributed by atoms with Gasteiger partial charge in [0.25, 0.3) is 0 Å². The molecule has 0 aromatic carbocycles. The van der Waals surface area contributed by atoms with Gasteiger partial charge < -0.3 is 41.4 Å². The molecule has 1 fully saturated rings. The number of aliphatic carboxylic acids is 2. The minimum Gasteiger partial charge on any atom is -0.475 e. The van der Waals surface area contributed by atoms with Crippen LogP contribution < -0.4 is 11.5 Å². The van der Waals surface area contributed by atoms with E-state index in [-0.39, 0.29) is 18.3 Å². The molecule has 1 saturated heterocycles. The molecule has 40 heavy (non-hydrogen) atoms. The van der Waals surface area contributed by atoms with Crippen LogP contribution in [0.25, 0.3) is 11.2 Å². The van der Waals surface area contributed by atoms with Crippen LogP contribution in [0.3, 0.4) is 0 Å². The van der Waals surface area contributed by atoms with E-state index in [1.807, 2.05) is 0 Å². The second-order valence-electron chi connectivity index (χ2n) is 8.13. The van der Waals surface area contributed by atoms with Gasteiger partial charge in [0.2, 0.25) is 0 Å². The maximum Gasteiger partial charge on any atom is 0.490 e. The molecule has 2 aromatic rings. The first-order chi connectivity index (χ1) is 18.2. The van der Waals surface area contributed by atoms with Crippen molar-refractivity contribution in [3.63, 3.8) is 0 Å². The summed E-state index contributed by atoms with van der Waals surface area (Å²) in [5.41, 5.74) is 12.2. The van der Waals surface area contributed by atoms with Crippen molar-refractivity contribution >= 4 is 34.9 Å². The van der Waals surface area contributed by atoms with Crippen LogP contribution in [0.2, 0.25) is 0 Å². The topological polar surface area (TPSA) is 246 Å². The molecule has 8 N–H and O–H groups in total. The van der Waals surface area contributed by atoms with E-state index in [0.29, 0.717) is 11.2 Å². The van der Waals surface area contributed by atoms with E-state index < -0.39 is 60.8 Å². The highest BCUT2D eigenvalue weighted by atomic mass is 19.4. The zero-order chi connectivity index (χ0) is 31.2. The molecular formula is C19H24F6N6O9. The maximum atomic E-state index is 11.9. The minimum absolute atomic E-state index is 0.0854. The summed E-state index contributed by atoms with van der Waals surface area (Å²) in [5, 5.41) is 34.8. The van der Waals surface area contributed by atoms with Crippen molar-refractivity contribution in [1.29, 1.82) is 0 Å². The second-order valence-corrected chi connectivity index (χ2v) is 8.13. The van der Waals surface area contributed by atoms with Crippen molar-refractivity contribution in [3.8, 4) is 0 Å². The molecule has 0 saturated carbocycles. The molecule has 0 unspecified atom stereocenters. The number of alkyl halides is 6. The standard InChI is InChI=1S/C15H22N6O5.2C2HF3O2/c1-6(2)8(16)15(24)25-3-7-10(22)11(23)14(26-7)21-5-20-9-12(17)18-4-19-13(9)21;2*3-2(4,5)1(6)7/h4-8,10-11,14,22-23H,3,16H2,1-2H3,(H2,17,18,19);2*(H,6,7)/t7-,8-,10-,11+,14-;;/m1../s1. The third kappa shape index (κ3) is 9.14. The fourth-order valence-electron chi connectivity index (χ4n) is 2.69. The Morgan fingerprint density at radius 1 is 1.02 bits per heavy atom. The van der Waals surface area contributed by atoms with Gasteiger partial charge in [-0.1, -0.05) is 13.8 Å². The van der Waals surface area contributed by atoms with Crippen molar-refractivity contribution in [2.24, 2.45) is 11.7 Å². The molecule has 3 rings (SSSR count). The van der Waals surface area contributed by atoms with Crippen LogP contribution in [-0.4, -0.2) is 101 Å². The van der Waals surface area contributed by atoms with Gasteiger partial charge in [-0.05, 0) is 5.92 Å². The zero-order valence-corrected chi connectivity index (χ0v) is 20.4. The summed E-state index contributed by atoms with van der Waals surface area (Å²) in [5.74, 6) is -6.00. The number of carbonyl (C=O) groups is 3. The van der Waals surface area contributed by atoms with Crippen molar-refractivity contribution < 1.29 is 70.6 Å². The Morgan fingerprint density at radius 2 is 1.52 bits per heavy atom. The number of hydrogen-bond acceptors (Lipinski definition) is 12. The molecule has 0 amide bonds. The molecule has 21 heteroatoms. The van der Waals surface area contributed by atoms with Crippen LogP contribution in [0, 0.1) is 5.92 Å². The third-order valence-electron chi connectivity index (χ3n) is 4.86. The van der Waals surface area contributed by atoms with Crippen LogP contribution in [0.4, 0.5) is 32.2 Å². The van der Waals surface area contributed by atoms with Crippen LogP contribution in [0.1, 0.15) is 20.1 Å². The summed E-state index contributed by atoms with van der Waals surface area (Å²) in [6.45, 7) is 3.35. The van der Waals surface area contributed by atoms with Gasteiger partial charge in [0.15, 0.2) is 17.7 Å². The largest absolute Gasteiger partial charge is 0.490 e. The van der Waals surface area contributed by atoms with E-state index in [4.69, 9.17) is 40.7 Å². The lowest BCUT2D eigenvalue weighted by Gasteiger charge is -2.18. The molecular weight excluding hydrogens is 570 g/mol. The maximum absolute atomic E-state index is 11.9. The van der Waals surface area contributed by atoms with Gasteiger partial charge >= 0.3 is 30.3 Å². The molecule has 0 aliphatic carbocycles. The molecule has 15 nitrogen and oxygen atoms in total. The number of nitrogens with two attached hydrogens (primary N) is 2. The normalized spacial score (nSPS) is 21.6. The average molecular weight is 594 g/mol. The number of nitrogen functional groups attached to an aromatic ring is 1. The lowest BCUT2D eigenvalue weighted by atomic mass is 10.1. The summed E-state index contributed by atoms with van der Waals surface area (Å²) in [7, 11) is 0. The Bertz CT molecular complexity index is 1150. The Hall–Kier alpha value is -3.82. The van der Waals surface area contributed by atoms with Crippen molar-refractivity contribution in [2.75, 3.05) is 12.3 Å². The van der Waals surface area contributed by atoms with Crippen LogP contribution in [0.5, 0.6) is 0 Å². The predicted octanol–water partition coefficient (Wildman–Crippen LogP) is -0.179. The summed E-state index contributed by atoms with van der Waals surface area (Å²) in [4.78, 5) is 41.7. The van der Waals surface area contributed by atoms with E-state index in [0.717, 1.165) is 0 Å². The van der Waals surface area contributed by atoms with E-state index >= 15 is 0 Å². The van der Waals surface area contributed by atoms with E-state index in [1.165, 1.54) is 17.2 Å². The monoisotopic (exact) mass is 594 g/mol. The number of esters is 1. The highest BCUT2D eigenvalue weighted by molar-refractivity contribution is 5.81. The fraction of sp³-hybridized carbons (Fsp3) is 0.579. The number of aliphatic hydroxyl groups is 2. The van der Waals surface area contributed by atoms with Gasteiger partial charge in [0, 0.05) is 0 Å². The van der Waals surface area contributed by atoms with Gasteiger partial charge in [0.1, 0.15) is 42.8 Å². The van der Waals surface area contributed by atoms with Crippen LogP contribution >= 0.6 is 0 Å². The molecule has 3 heterocycles. The van der Waals surface area contributed by atoms with Gasteiger partial charge in [-0.25, -0.2) is 24.5 Å². The first-order valence-electron chi connectivity index (χ1n) is 10.7. The average Bonchev–Trinajstić information content (AvgIpc) is 3.38. The number of aliphatic hydroxyl groups excluding tert-OH is 2. The summed E-state index contributed by atoms with van der Waals surface area (Å²) < 4.78 is 75.7. The number of aromatic nitrogens is 4. The number of carboxylic acid groups (broad SMARTS) is 2. The number of ether oxygens (including phenoxy) is 2. The molecule has 0 radical (unpaired) electrons. The van der Waals surface area contributed by atoms with Crippen molar-refractivity contribution in [1.82, 2.24) is 19.5 Å². The van der Waals surface area contributed by atoms with Gasteiger partial charge in [0.05, 0.1) is 6.33 Å². The predicted molar refractivity (Wildman–Crippen MR) is 117 cm³/mol. The number of carboxylic acids is 2.